The number of hydrogen-bond donors (Lipinski definition) is 1. The van der Waals surface area contributed by atoms with Crippen molar-refractivity contribution in [3.63, 3.8) is 0 Å². The van der Waals surface area contributed by atoms with Crippen LogP contribution < -0.4 is 9.64 Å². The topological polar surface area (TPSA) is 103 Å². The second-order valence-corrected chi connectivity index (χ2v) is 13.9. The van der Waals surface area contributed by atoms with E-state index in [4.69, 9.17) is 19.7 Å². The van der Waals surface area contributed by atoms with Crippen molar-refractivity contribution in [2.45, 2.75) is 69.6 Å². The summed E-state index contributed by atoms with van der Waals surface area (Å²) in [5.41, 5.74) is 4.67. The number of hydrogen-bond acceptors (Lipinski definition) is 8. The van der Waals surface area contributed by atoms with Crippen LogP contribution in [-0.4, -0.2) is 92.3 Å². The molecule has 2 unspecified atom stereocenters. The minimum Gasteiger partial charge on any atom is -0.461 e. The quantitative estimate of drug-likeness (QED) is 0.316. The summed E-state index contributed by atoms with van der Waals surface area (Å²) < 4.78 is 6.49. The van der Waals surface area contributed by atoms with Crippen molar-refractivity contribution >= 4 is 31.9 Å². The highest BCUT2D eigenvalue weighted by Crippen LogP contribution is 2.41. The molecule has 3 fully saturated rings. The minimum absolute atomic E-state index is 0.0375. The van der Waals surface area contributed by atoms with Gasteiger partial charge in [-0.3, -0.25) is 19.8 Å². The van der Waals surface area contributed by atoms with Gasteiger partial charge in [-0.2, -0.15) is 15.1 Å². The molecule has 0 spiro atoms. The molecule has 0 aromatic carbocycles. The number of likely N-dealkylation sites (tertiary alicyclic amines) is 1. The lowest BCUT2D eigenvalue weighted by atomic mass is 9.95. The zero-order chi connectivity index (χ0) is 28.9. The number of rotatable bonds is 8. The Morgan fingerprint density at radius 2 is 2.02 bits per heavy atom. The number of H-pyrrole nitrogens is 1. The molecule has 41 heavy (non-hydrogen) atoms. The Morgan fingerprint density at radius 3 is 2.73 bits per heavy atom. The summed E-state index contributed by atoms with van der Waals surface area (Å²) in [4.78, 5) is 33.8. The molecule has 218 valence electrons. The molecule has 0 radical (unpaired) electrons. The van der Waals surface area contributed by atoms with Gasteiger partial charge >= 0.3 is 6.01 Å². The summed E-state index contributed by atoms with van der Waals surface area (Å²) in [5, 5.41) is 8.18. The molecule has 6 heterocycles. The van der Waals surface area contributed by atoms with Crippen molar-refractivity contribution in [3.05, 3.63) is 36.3 Å². The molecular weight excluding hydrogens is 535 g/mol. The Labute approximate surface area is 244 Å². The maximum Gasteiger partial charge on any atom is 0.319 e. The third-order valence-electron chi connectivity index (χ3n) is 9.29. The van der Waals surface area contributed by atoms with Gasteiger partial charge in [0.05, 0.1) is 34.0 Å². The maximum atomic E-state index is 12.3. The van der Waals surface area contributed by atoms with E-state index in [-0.39, 0.29) is 22.6 Å². The van der Waals surface area contributed by atoms with Gasteiger partial charge in [0.25, 0.3) is 0 Å². The molecule has 3 saturated heterocycles. The molecule has 1 N–H and O–H groups in total. The number of carbonyl (C=O) groups excluding carboxylic acids is 1. The van der Waals surface area contributed by atoms with E-state index < -0.39 is 0 Å². The van der Waals surface area contributed by atoms with Crippen LogP contribution in [0.3, 0.4) is 0 Å². The van der Waals surface area contributed by atoms with Gasteiger partial charge in [-0.25, -0.2) is 0 Å². The lowest BCUT2D eigenvalue weighted by molar-refractivity contribution is -0.125. The lowest BCUT2D eigenvalue weighted by Gasteiger charge is -2.31. The van der Waals surface area contributed by atoms with E-state index in [1.807, 2.05) is 24.3 Å². The number of likely N-dealkylation sites (N-methyl/N-ethyl adjacent to an activating group) is 1. The van der Waals surface area contributed by atoms with E-state index >= 15 is 0 Å². The predicted molar refractivity (Wildman–Crippen MR) is 164 cm³/mol. The number of carbonyl (C=O) groups is 1. The molecule has 2 atom stereocenters. The molecule has 3 aliphatic heterocycles. The van der Waals surface area contributed by atoms with E-state index in [0.29, 0.717) is 25.7 Å². The molecule has 0 saturated carbocycles. The minimum atomic E-state index is -0.203. The van der Waals surface area contributed by atoms with Crippen LogP contribution in [0.5, 0.6) is 6.01 Å². The van der Waals surface area contributed by atoms with E-state index in [1.54, 1.807) is 0 Å². The third-order valence-corrected chi connectivity index (χ3v) is 9.58. The van der Waals surface area contributed by atoms with Crippen LogP contribution in [0.4, 0.5) is 5.82 Å². The van der Waals surface area contributed by atoms with Crippen molar-refractivity contribution < 1.29 is 9.53 Å². The first-order chi connectivity index (χ1) is 19.6. The Hall–Kier alpha value is -3.10. The van der Waals surface area contributed by atoms with Gasteiger partial charge < -0.3 is 14.5 Å². The number of fused-ring (bicyclic) bond motifs is 2. The first-order valence-electron chi connectivity index (χ1n) is 14.6. The molecule has 0 bridgehead atoms. The van der Waals surface area contributed by atoms with Gasteiger partial charge in [0.1, 0.15) is 12.4 Å². The van der Waals surface area contributed by atoms with Crippen LogP contribution in [0, 0.1) is 6.92 Å². The van der Waals surface area contributed by atoms with E-state index in [2.05, 4.69) is 56.6 Å². The second kappa shape index (κ2) is 10.6. The van der Waals surface area contributed by atoms with Gasteiger partial charge in [0.15, 0.2) is 0 Å². The van der Waals surface area contributed by atoms with Crippen LogP contribution in [-0.2, 0) is 9.95 Å². The number of ether oxygens (including phenoxy) is 1. The number of nitrogens with zero attached hydrogens (tertiary/aromatic N) is 7. The van der Waals surface area contributed by atoms with Gasteiger partial charge in [0.2, 0.25) is 5.91 Å². The fourth-order valence-corrected chi connectivity index (χ4v) is 7.18. The SMILES string of the molecule is C=CC(=O)N1CCC(N(C)c2nc(OCC34CCCN3CCC4)nc3c(C)c(-c4cn[nH]c4C(C)(C)P)ncc23)C1. The monoisotopic (exact) mass is 576 g/mol. The van der Waals surface area contributed by atoms with E-state index in [9.17, 15) is 4.79 Å². The Morgan fingerprint density at radius 1 is 1.27 bits per heavy atom. The van der Waals surface area contributed by atoms with Crippen LogP contribution in [0.25, 0.3) is 22.2 Å². The number of aromatic amines is 1. The van der Waals surface area contributed by atoms with Crippen LogP contribution in [0.1, 0.15) is 57.2 Å². The highest BCUT2D eigenvalue weighted by Gasteiger charge is 2.45. The van der Waals surface area contributed by atoms with Crippen LogP contribution >= 0.6 is 9.24 Å². The van der Waals surface area contributed by atoms with Crippen molar-refractivity contribution in [1.29, 1.82) is 0 Å². The van der Waals surface area contributed by atoms with Crippen molar-refractivity contribution in [2.24, 2.45) is 0 Å². The molecule has 1 amide bonds. The summed E-state index contributed by atoms with van der Waals surface area (Å²) in [5.74, 6) is 0.737. The smallest absolute Gasteiger partial charge is 0.319 e. The first-order valence-corrected chi connectivity index (χ1v) is 15.2. The molecule has 3 aliphatic rings. The average Bonchev–Trinajstić information content (AvgIpc) is 3.74. The maximum absolute atomic E-state index is 12.3. The van der Waals surface area contributed by atoms with Crippen molar-refractivity contribution in [3.8, 4) is 17.3 Å². The van der Waals surface area contributed by atoms with Gasteiger partial charge in [-0.1, -0.05) is 20.4 Å². The van der Waals surface area contributed by atoms with Crippen molar-refractivity contribution in [1.82, 2.24) is 34.9 Å². The average molecular weight is 577 g/mol. The number of amides is 1. The fraction of sp³-hybridized carbons (Fsp3) is 0.567. The fourth-order valence-electron chi connectivity index (χ4n) is 6.96. The van der Waals surface area contributed by atoms with Gasteiger partial charge in [-0.05, 0) is 58.2 Å². The summed E-state index contributed by atoms with van der Waals surface area (Å²) in [6, 6.07) is 0.505. The molecule has 3 aromatic heterocycles. The van der Waals surface area contributed by atoms with Gasteiger partial charge in [-0.15, -0.1) is 9.24 Å². The summed E-state index contributed by atoms with van der Waals surface area (Å²) in [6.45, 7) is 14.2. The Bertz CT molecular complexity index is 1470. The van der Waals surface area contributed by atoms with E-state index in [1.165, 1.54) is 18.9 Å². The first kappa shape index (κ1) is 28.0. The highest BCUT2D eigenvalue weighted by molar-refractivity contribution is 7.18. The highest BCUT2D eigenvalue weighted by atomic mass is 31.0. The standard InChI is InChI=1S/C30H41N8O2P/c1-6-23(39)37-14-9-20(17-37)36(5)27-22-15-31-24(21-16-32-35-26(21)29(3,4)41)19(2)25(22)33-28(34-27)40-18-30-10-7-12-38(30)13-8-11-30/h6,15-16,20H,1,7-14,17-18,41H2,2-5H3,(H,32,35). The summed E-state index contributed by atoms with van der Waals surface area (Å²) in [7, 11) is 4.92. The zero-order valence-electron chi connectivity index (χ0n) is 24.6. The third kappa shape index (κ3) is 4.99. The molecule has 0 aliphatic carbocycles. The summed E-state index contributed by atoms with van der Waals surface area (Å²) >= 11 is 0. The number of pyridine rings is 1. The normalized spacial score (nSPS) is 20.5. The Kier molecular flexibility index (Phi) is 7.27. The van der Waals surface area contributed by atoms with Crippen LogP contribution in [0.2, 0.25) is 0 Å². The number of aromatic nitrogens is 5. The molecule has 3 aromatic rings. The van der Waals surface area contributed by atoms with Crippen LogP contribution in [0.15, 0.2) is 25.0 Å². The molecular formula is C30H41N8O2P. The van der Waals surface area contributed by atoms with Gasteiger partial charge in [0, 0.05) is 48.7 Å². The van der Waals surface area contributed by atoms with E-state index in [0.717, 1.165) is 71.6 Å². The molecule has 10 nitrogen and oxygen atoms in total. The lowest BCUT2D eigenvalue weighted by Crippen LogP contribution is -2.43. The Balaban J connectivity index is 1.41. The number of aryl methyl sites for hydroxylation is 1. The summed E-state index contributed by atoms with van der Waals surface area (Å²) in [6.07, 6.45) is 10.7. The number of anilines is 1. The largest absolute Gasteiger partial charge is 0.461 e. The molecule has 6 rings (SSSR count). The van der Waals surface area contributed by atoms with Crippen molar-refractivity contribution in [2.75, 3.05) is 44.7 Å². The predicted octanol–water partition coefficient (Wildman–Crippen LogP) is 4.06. The number of nitrogens with one attached hydrogen (secondary N) is 1. The molecule has 11 heteroatoms. The second-order valence-electron chi connectivity index (χ2n) is 12.5. The zero-order valence-corrected chi connectivity index (χ0v) is 25.8.